The number of hydrogen-bond donors (Lipinski definition) is 2. The van der Waals surface area contributed by atoms with Crippen molar-refractivity contribution in [3.8, 4) is 0 Å². The summed E-state index contributed by atoms with van der Waals surface area (Å²) in [5.41, 5.74) is -0.725. The topological polar surface area (TPSA) is 86.7 Å². The Hall–Kier alpha value is -1.73. The number of carboxylic acid groups (broad SMARTS) is 1. The Labute approximate surface area is 151 Å². The molecule has 146 valence electrons. The van der Waals surface area contributed by atoms with Crippen LogP contribution in [0.15, 0.2) is 0 Å². The number of nitrogens with zero attached hydrogens (tertiary/aromatic N) is 1. The van der Waals surface area contributed by atoms with E-state index >= 15 is 0 Å². The molecule has 5 atom stereocenters. The fourth-order valence-electron chi connectivity index (χ4n) is 4.40. The molecule has 6 nitrogen and oxygen atoms in total. The minimum absolute atomic E-state index is 0.0689. The van der Waals surface area contributed by atoms with Crippen LogP contribution in [0.3, 0.4) is 0 Å². The average Bonchev–Trinajstić information content (AvgIpc) is 2.86. The van der Waals surface area contributed by atoms with Gasteiger partial charge < -0.3 is 15.3 Å². The first-order valence-electron chi connectivity index (χ1n) is 9.15. The van der Waals surface area contributed by atoms with Crippen LogP contribution in [0.1, 0.15) is 46.5 Å². The predicted molar refractivity (Wildman–Crippen MR) is 88.4 cm³/mol. The van der Waals surface area contributed by atoms with E-state index in [4.69, 9.17) is 0 Å². The number of carboxylic acids is 1. The molecule has 0 aromatic carbocycles. The fraction of sp³-hybridized carbons (Fsp3) is 0.833. The quantitative estimate of drug-likeness (QED) is 0.789. The van der Waals surface area contributed by atoms with E-state index in [1.807, 2.05) is 0 Å². The van der Waals surface area contributed by atoms with Crippen LogP contribution in [0.25, 0.3) is 0 Å². The molecule has 1 unspecified atom stereocenters. The zero-order valence-electron chi connectivity index (χ0n) is 15.3. The number of amides is 2. The van der Waals surface area contributed by atoms with Crippen LogP contribution in [0, 0.1) is 23.2 Å². The van der Waals surface area contributed by atoms with Crippen LogP contribution >= 0.6 is 0 Å². The van der Waals surface area contributed by atoms with Gasteiger partial charge in [0, 0.05) is 13.0 Å². The largest absolute Gasteiger partial charge is 0.480 e. The van der Waals surface area contributed by atoms with Gasteiger partial charge in [0.25, 0.3) is 5.92 Å². The maximum Gasteiger partial charge on any atom is 0.326 e. The van der Waals surface area contributed by atoms with Crippen molar-refractivity contribution < 1.29 is 28.3 Å². The number of nitrogens with one attached hydrogen (secondary N) is 1. The molecule has 1 heterocycles. The molecule has 0 aromatic rings. The van der Waals surface area contributed by atoms with Crippen molar-refractivity contribution in [2.24, 2.45) is 23.2 Å². The summed E-state index contributed by atoms with van der Waals surface area (Å²) in [6.07, 6.45) is 2.11. The summed E-state index contributed by atoms with van der Waals surface area (Å²) in [6.45, 7) is 5.54. The summed E-state index contributed by atoms with van der Waals surface area (Å²) in [5, 5.41) is 12.1. The van der Waals surface area contributed by atoms with Crippen molar-refractivity contribution in [2.75, 3.05) is 6.54 Å². The first-order valence-corrected chi connectivity index (χ1v) is 9.15. The molecule has 26 heavy (non-hydrogen) atoms. The minimum Gasteiger partial charge on any atom is -0.480 e. The third kappa shape index (κ3) is 3.30. The summed E-state index contributed by atoms with van der Waals surface area (Å²) in [6, 6.07) is -1.94. The normalized spacial score (nSPS) is 33.5. The lowest BCUT2D eigenvalue weighted by atomic mass is 9.85. The van der Waals surface area contributed by atoms with Crippen molar-refractivity contribution >= 4 is 17.8 Å². The number of fused-ring (bicyclic) bond motifs is 1. The van der Waals surface area contributed by atoms with Gasteiger partial charge in [0.1, 0.15) is 18.0 Å². The Morgan fingerprint density at radius 2 is 1.85 bits per heavy atom. The molecule has 1 aliphatic heterocycles. The molecule has 0 bridgehead atoms. The second kappa shape index (κ2) is 6.16. The monoisotopic (exact) mass is 372 g/mol. The van der Waals surface area contributed by atoms with E-state index in [0.717, 1.165) is 19.3 Å². The van der Waals surface area contributed by atoms with Crippen LogP contribution < -0.4 is 5.32 Å². The van der Waals surface area contributed by atoms with E-state index in [1.54, 1.807) is 20.8 Å². The van der Waals surface area contributed by atoms with Gasteiger partial charge in [0.05, 0.1) is 0 Å². The van der Waals surface area contributed by atoms with Crippen LogP contribution in [0.4, 0.5) is 8.78 Å². The van der Waals surface area contributed by atoms with Crippen molar-refractivity contribution in [1.82, 2.24) is 10.2 Å². The van der Waals surface area contributed by atoms with E-state index in [0.29, 0.717) is 6.54 Å². The second-order valence-corrected chi connectivity index (χ2v) is 8.95. The molecule has 1 saturated heterocycles. The molecule has 2 N–H and O–H groups in total. The molecule has 2 aliphatic carbocycles. The van der Waals surface area contributed by atoms with Gasteiger partial charge in [-0.15, -0.1) is 0 Å². The van der Waals surface area contributed by atoms with E-state index in [9.17, 15) is 28.3 Å². The number of carbonyl (C=O) groups excluding carboxylic acids is 2. The number of carbonyl (C=O) groups is 3. The highest BCUT2D eigenvalue weighted by Gasteiger charge is 2.62. The number of likely N-dealkylation sites (tertiary alicyclic amines) is 1. The second-order valence-electron chi connectivity index (χ2n) is 8.95. The van der Waals surface area contributed by atoms with E-state index < -0.39 is 53.5 Å². The lowest BCUT2D eigenvalue weighted by molar-refractivity contribution is -0.152. The molecule has 3 rings (SSSR count). The zero-order valence-corrected chi connectivity index (χ0v) is 15.3. The van der Waals surface area contributed by atoms with Gasteiger partial charge in [-0.25, -0.2) is 13.6 Å². The molecule has 3 aliphatic rings. The Bertz CT molecular complexity index is 631. The summed E-state index contributed by atoms with van der Waals surface area (Å²) < 4.78 is 26.4. The summed E-state index contributed by atoms with van der Waals surface area (Å²) >= 11 is 0. The van der Waals surface area contributed by atoms with Gasteiger partial charge in [-0.3, -0.25) is 9.59 Å². The maximum atomic E-state index is 13.2. The van der Waals surface area contributed by atoms with Crippen LogP contribution in [-0.2, 0) is 14.4 Å². The third-order valence-electron chi connectivity index (χ3n) is 5.97. The van der Waals surface area contributed by atoms with Crippen LogP contribution in [-0.4, -0.2) is 52.3 Å². The van der Waals surface area contributed by atoms with E-state index in [2.05, 4.69) is 5.32 Å². The smallest absolute Gasteiger partial charge is 0.326 e. The number of aliphatic carboxylic acids is 1. The number of halogens is 2. The highest BCUT2D eigenvalue weighted by Crippen LogP contribution is 2.49. The van der Waals surface area contributed by atoms with E-state index in [1.165, 1.54) is 4.90 Å². The summed E-state index contributed by atoms with van der Waals surface area (Å²) in [7, 11) is 0. The molecule has 0 aromatic heterocycles. The molecule has 2 amide bonds. The number of rotatable bonds is 4. The Morgan fingerprint density at radius 1 is 1.23 bits per heavy atom. The minimum atomic E-state index is -3.01. The SMILES string of the molecule is CC(C)(C)[C@H](NC(=O)C1CC1(F)F)C(=O)N1C[C@@H]2CCC[C@@H]2[C@H]1C(=O)O. The molecule has 2 saturated carbocycles. The zero-order chi connectivity index (χ0) is 19.4. The molecule has 8 heteroatoms. The van der Waals surface area contributed by atoms with Crippen LogP contribution in [0.2, 0.25) is 0 Å². The molecule has 3 fully saturated rings. The molecular weight excluding hydrogens is 346 g/mol. The van der Waals surface area contributed by atoms with Crippen molar-refractivity contribution in [3.63, 3.8) is 0 Å². The van der Waals surface area contributed by atoms with Gasteiger partial charge in [-0.2, -0.15) is 0 Å². The van der Waals surface area contributed by atoms with Crippen molar-refractivity contribution in [1.29, 1.82) is 0 Å². The lowest BCUT2D eigenvalue weighted by Gasteiger charge is -2.35. The summed E-state index contributed by atoms with van der Waals surface area (Å²) in [4.78, 5) is 38.4. The van der Waals surface area contributed by atoms with Crippen LogP contribution in [0.5, 0.6) is 0 Å². The number of hydrogen-bond acceptors (Lipinski definition) is 3. The molecule has 0 radical (unpaired) electrons. The lowest BCUT2D eigenvalue weighted by Crippen LogP contribution is -2.57. The highest BCUT2D eigenvalue weighted by atomic mass is 19.3. The predicted octanol–water partition coefficient (Wildman–Crippen LogP) is 1.88. The Morgan fingerprint density at radius 3 is 2.35 bits per heavy atom. The fourth-order valence-corrected chi connectivity index (χ4v) is 4.40. The molecule has 0 spiro atoms. The summed E-state index contributed by atoms with van der Waals surface area (Å²) in [5.74, 6) is -6.69. The molecular formula is C18H26F2N2O4. The first-order chi connectivity index (χ1) is 11.9. The maximum absolute atomic E-state index is 13.2. The van der Waals surface area contributed by atoms with Gasteiger partial charge >= 0.3 is 5.97 Å². The standard InChI is InChI=1S/C18H26F2N2O4/c1-17(2,3)13(21-14(23)11-7-18(11,19)20)15(24)22-8-9-5-4-6-10(9)12(22)16(25)26/h9-13H,4-8H2,1-3H3,(H,21,23)(H,25,26)/t9-,10-,11?,12-,13+/m0/s1. The van der Waals surface area contributed by atoms with Crippen molar-refractivity contribution in [2.45, 2.75) is 64.5 Å². The van der Waals surface area contributed by atoms with Gasteiger partial charge in [-0.1, -0.05) is 27.2 Å². The Balaban J connectivity index is 1.79. The van der Waals surface area contributed by atoms with Gasteiger partial charge in [0.15, 0.2) is 0 Å². The van der Waals surface area contributed by atoms with Crippen molar-refractivity contribution in [3.05, 3.63) is 0 Å². The third-order valence-corrected chi connectivity index (χ3v) is 5.97. The van der Waals surface area contributed by atoms with Gasteiger partial charge in [-0.05, 0) is 30.1 Å². The Kier molecular flexibility index (Phi) is 4.51. The average molecular weight is 372 g/mol. The van der Waals surface area contributed by atoms with Gasteiger partial charge in [0.2, 0.25) is 11.8 Å². The highest BCUT2D eigenvalue weighted by molar-refractivity contribution is 5.93. The number of alkyl halides is 2. The van der Waals surface area contributed by atoms with E-state index in [-0.39, 0.29) is 11.8 Å². The first kappa shape index (κ1) is 19.0.